The fourth-order valence-electron chi connectivity index (χ4n) is 3.31. The molecule has 2 unspecified atom stereocenters. The Morgan fingerprint density at radius 1 is 1.26 bits per heavy atom. The van der Waals surface area contributed by atoms with Crippen LogP contribution in [-0.4, -0.2) is 94.6 Å². The number of nitrogens with zero attached hydrogens (tertiary/aromatic N) is 1. The second kappa shape index (κ2) is 11.6. The molecule has 0 radical (unpaired) electrons. The lowest BCUT2D eigenvalue weighted by Gasteiger charge is -2.38. The Kier molecular flexibility index (Phi) is 9.17. The first-order chi connectivity index (χ1) is 15.9. The average Bonchev–Trinajstić information content (AvgIpc) is 3.06. The van der Waals surface area contributed by atoms with Crippen molar-refractivity contribution in [2.75, 3.05) is 6.61 Å². The van der Waals surface area contributed by atoms with E-state index in [4.69, 9.17) is 24.7 Å². The van der Waals surface area contributed by atoms with Crippen molar-refractivity contribution in [1.82, 2.24) is 10.6 Å². The number of nitrogens with two attached hydrogens (primary N) is 1. The van der Waals surface area contributed by atoms with Crippen LogP contribution in [0.1, 0.15) is 27.2 Å². The molecule has 1 saturated heterocycles. The van der Waals surface area contributed by atoms with E-state index in [0.29, 0.717) is 0 Å². The maximum atomic E-state index is 12.0. The number of carbonyl (C=O) groups is 4. The number of alkyl carbamates (subject to hydrolysis) is 1. The zero-order chi connectivity index (χ0) is 25.6. The molecular weight excluding hydrogens is 460 g/mol. The molecule has 0 aromatic heterocycles. The Morgan fingerprint density at radius 3 is 2.47 bits per heavy atom. The van der Waals surface area contributed by atoms with Crippen LogP contribution in [0.2, 0.25) is 0 Å². The van der Waals surface area contributed by atoms with Crippen LogP contribution in [0.4, 0.5) is 4.79 Å². The number of amides is 2. The Balaban J connectivity index is 2.25. The number of hydrogen-bond acceptors (Lipinski definition) is 11. The second-order valence-electron chi connectivity index (χ2n) is 7.45. The van der Waals surface area contributed by atoms with E-state index in [1.54, 1.807) is 6.92 Å². The summed E-state index contributed by atoms with van der Waals surface area (Å²) in [5.41, 5.74) is 5.75. The Hall–Kier alpha value is -3.43. The number of aliphatic carboxylic acids is 1. The first-order valence-electron chi connectivity index (χ1n) is 10.3. The molecule has 0 aliphatic carbocycles. The maximum absolute atomic E-state index is 12.0. The monoisotopic (exact) mass is 488 g/mol. The van der Waals surface area contributed by atoms with Crippen LogP contribution in [-0.2, 0) is 33.3 Å². The molecule has 2 amide bonds. The summed E-state index contributed by atoms with van der Waals surface area (Å²) in [6.07, 6.45) is -6.39. The van der Waals surface area contributed by atoms with E-state index in [-0.39, 0.29) is 13.0 Å². The molecule has 1 fully saturated rings. The largest absolute Gasteiger partial charge is 0.478 e. The molecule has 2 rings (SSSR count). The van der Waals surface area contributed by atoms with E-state index in [1.165, 1.54) is 13.8 Å². The minimum atomic E-state index is -1.47. The van der Waals surface area contributed by atoms with Crippen molar-refractivity contribution in [3.8, 4) is 0 Å². The lowest BCUT2D eigenvalue weighted by Crippen LogP contribution is -2.59. The molecule has 34 heavy (non-hydrogen) atoms. The van der Waals surface area contributed by atoms with Gasteiger partial charge in [-0.2, -0.15) is 0 Å². The summed E-state index contributed by atoms with van der Waals surface area (Å²) >= 11 is 0. The lowest BCUT2D eigenvalue weighted by molar-refractivity contribution is -0.164. The molecule has 7 N–H and O–H groups in total. The van der Waals surface area contributed by atoms with Gasteiger partial charge in [-0.1, -0.05) is 6.92 Å². The van der Waals surface area contributed by atoms with Crippen LogP contribution in [0.3, 0.4) is 0 Å². The number of aliphatic imine (C=N–C) groups is 1. The predicted molar refractivity (Wildman–Crippen MR) is 111 cm³/mol. The molecule has 0 saturated carbocycles. The lowest BCUT2D eigenvalue weighted by atomic mass is 9.92. The van der Waals surface area contributed by atoms with E-state index in [2.05, 4.69) is 15.6 Å². The Morgan fingerprint density at radius 2 is 1.94 bits per heavy atom. The average molecular weight is 488 g/mol. The van der Waals surface area contributed by atoms with Gasteiger partial charge in [0.1, 0.15) is 18.3 Å². The zero-order valence-corrected chi connectivity index (χ0v) is 18.7. The number of carbonyl (C=O) groups excluding carboxylic acids is 3. The van der Waals surface area contributed by atoms with Gasteiger partial charge in [-0.15, -0.1) is 0 Å². The topological polar surface area (TPSA) is 228 Å². The first-order valence-corrected chi connectivity index (χ1v) is 10.3. The molecule has 0 aromatic carbocycles. The van der Waals surface area contributed by atoms with Gasteiger partial charge in [0.25, 0.3) is 0 Å². The van der Waals surface area contributed by atoms with Crippen LogP contribution in [0.5, 0.6) is 0 Å². The molecular formula is C19H28N4O11. The number of ether oxygens (including phenoxy) is 4. The van der Waals surface area contributed by atoms with E-state index in [9.17, 15) is 34.5 Å². The molecule has 0 spiro atoms. The molecule has 2 heterocycles. The predicted octanol–water partition coefficient (Wildman–Crippen LogP) is -2.31. The van der Waals surface area contributed by atoms with Gasteiger partial charge in [0.15, 0.2) is 12.1 Å². The van der Waals surface area contributed by atoms with Gasteiger partial charge >= 0.3 is 18.0 Å². The van der Waals surface area contributed by atoms with Crippen LogP contribution < -0.4 is 16.4 Å². The molecule has 2 aliphatic rings. The molecule has 15 nitrogen and oxygen atoms in total. The van der Waals surface area contributed by atoms with Gasteiger partial charge in [-0.3, -0.25) is 14.9 Å². The van der Waals surface area contributed by atoms with Gasteiger partial charge in [-0.25, -0.2) is 14.6 Å². The number of hydrogen-bond donors (Lipinski definition) is 6. The maximum Gasteiger partial charge on any atom is 0.417 e. The minimum Gasteiger partial charge on any atom is -0.478 e. The van der Waals surface area contributed by atoms with Gasteiger partial charge in [0.2, 0.25) is 18.0 Å². The van der Waals surface area contributed by atoms with Gasteiger partial charge < -0.3 is 45.3 Å². The van der Waals surface area contributed by atoms with Crippen LogP contribution in [0, 0.1) is 0 Å². The van der Waals surface area contributed by atoms with E-state index >= 15 is 0 Å². The summed E-state index contributed by atoms with van der Waals surface area (Å²) in [6.45, 7) is 3.81. The number of rotatable bonds is 7. The first kappa shape index (κ1) is 26.8. The molecule has 2 aliphatic heterocycles. The number of aliphatic hydroxyl groups excluding tert-OH is 2. The summed E-state index contributed by atoms with van der Waals surface area (Å²) in [7, 11) is 0. The highest BCUT2D eigenvalue weighted by atomic mass is 16.7. The third-order valence-corrected chi connectivity index (χ3v) is 4.78. The van der Waals surface area contributed by atoms with Crippen LogP contribution >= 0.6 is 0 Å². The molecule has 15 heteroatoms. The SMILES string of the molecule is CCC(=O)OC(C)OC(=O)NC(N)=N[C@H]1C=C(C(=O)O)O[C@@H](C2OC[C@@H](O)[C@H]2O)[C@@H]1NC(C)=O. The standard InChI is InChI=1S/C19H28N4O11/c1-4-12(26)32-8(3)33-19(30)23-18(20)22-9-5-11(17(28)29)34-15(13(9)21-7(2)24)16-14(27)10(25)6-31-16/h5,8-10,13-16,25,27H,4,6H2,1-3H3,(H,21,24)(H,28,29)(H3,20,22,23,30)/t8?,9-,10+,13+,14+,15+,16?/m0/s1. The highest BCUT2D eigenvalue weighted by molar-refractivity contribution is 5.93. The summed E-state index contributed by atoms with van der Waals surface area (Å²) in [6, 6.07) is -2.30. The summed E-state index contributed by atoms with van der Waals surface area (Å²) in [5.74, 6) is -3.71. The quantitative estimate of drug-likeness (QED) is 0.0961. The fraction of sp³-hybridized carbons (Fsp3) is 0.632. The number of esters is 1. The number of carboxylic acid groups (broad SMARTS) is 1. The smallest absolute Gasteiger partial charge is 0.417 e. The van der Waals surface area contributed by atoms with Crippen molar-refractivity contribution in [2.24, 2.45) is 10.7 Å². The normalized spacial score (nSPS) is 29.8. The summed E-state index contributed by atoms with van der Waals surface area (Å²) in [5, 5.41) is 34.1. The highest BCUT2D eigenvalue weighted by Crippen LogP contribution is 2.29. The minimum absolute atomic E-state index is 0.0725. The van der Waals surface area contributed by atoms with Crippen molar-refractivity contribution in [3.05, 3.63) is 11.8 Å². The van der Waals surface area contributed by atoms with E-state index in [1.807, 2.05) is 0 Å². The van der Waals surface area contributed by atoms with Crippen molar-refractivity contribution in [2.45, 2.75) is 70.0 Å². The summed E-state index contributed by atoms with van der Waals surface area (Å²) in [4.78, 5) is 50.7. The second-order valence-corrected chi connectivity index (χ2v) is 7.45. The van der Waals surface area contributed by atoms with E-state index < -0.39 is 78.4 Å². The fourth-order valence-corrected chi connectivity index (χ4v) is 3.31. The van der Waals surface area contributed by atoms with Crippen molar-refractivity contribution in [1.29, 1.82) is 0 Å². The Labute approximate surface area is 193 Å². The van der Waals surface area contributed by atoms with Crippen LogP contribution in [0.25, 0.3) is 0 Å². The Bertz CT molecular complexity index is 861. The molecule has 0 bridgehead atoms. The van der Waals surface area contributed by atoms with Crippen molar-refractivity contribution in [3.63, 3.8) is 0 Å². The molecule has 7 atom stereocenters. The molecule has 190 valence electrons. The van der Waals surface area contributed by atoms with Gasteiger partial charge in [0.05, 0.1) is 18.7 Å². The van der Waals surface area contributed by atoms with Crippen molar-refractivity contribution < 1.29 is 53.4 Å². The zero-order valence-electron chi connectivity index (χ0n) is 18.7. The number of guanidine groups is 1. The number of nitrogens with one attached hydrogen (secondary N) is 2. The third-order valence-electron chi connectivity index (χ3n) is 4.78. The summed E-state index contributed by atoms with van der Waals surface area (Å²) < 4.78 is 20.4. The molecule has 0 aromatic rings. The highest BCUT2D eigenvalue weighted by Gasteiger charge is 2.49. The van der Waals surface area contributed by atoms with Gasteiger partial charge in [-0.05, 0) is 6.08 Å². The third kappa shape index (κ3) is 7.03. The van der Waals surface area contributed by atoms with Crippen molar-refractivity contribution >= 4 is 29.9 Å². The number of aliphatic hydroxyl groups is 2. The van der Waals surface area contributed by atoms with Crippen LogP contribution in [0.15, 0.2) is 16.8 Å². The van der Waals surface area contributed by atoms with Gasteiger partial charge in [0, 0.05) is 20.3 Å². The van der Waals surface area contributed by atoms with E-state index in [0.717, 1.165) is 6.08 Å². The number of carboxylic acids is 1.